The second kappa shape index (κ2) is 10.1. The molecule has 1 aliphatic heterocycles. The molecular formula is C25H26FN5O3. The lowest BCUT2D eigenvalue weighted by Gasteiger charge is -2.29. The number of morpholine rings is 1. The lowest BCUT2D eigenvalue weighted by Crippen LogP contribution is -2.38. The van der Waals surface area contributed by atoms with Gasteiger partial charge >= 0.3 is 0 Å². The molecule has 0 unspecified atom stereocenters. The summed E-state index contributed by atoms with van der Waals surface area (Å²) in [5.74, 6) is 1.39. The van der Waals surface area contributed by atoms with Crippen LogP contribution in [0.2, 0.25) is 0 Å². The summed E-state index contributed by atoms with van der Waals surface area (Å²) in [7, 11) is 0. The van der Waals surface area contributed by atoms with Crippen LogP contribution in [0.5, 0.6) is 5.75 Å². The highest BCUT2D eigenvalue weighted by Crippen LogP contribution is 2.30. The number of pyridine rings is 1. The highest BCUT2D eigenvalue weighted by molar-refractivity contribution is 5.94. The van der Waals surface area contributed by atoms with Crippen molar-refractivity contribution in [1.82, 2.24) is 20.5 Å². The summed E-state index contributed by atoms with van der Waals surface area (Å²) in [5, 5.41) is 11.0. The first-order valence-electron chi connectivity index (χ1n) is 11.5. The first-order valence-corrected chi connectivity index (χ1v) is 11.5. The number of aromatic nitrogens is 3. The third-order valence-electron chi connectivity index (χ3n) is 5.91. The minimum Gasteiger partial charge on any atom is -0.493 e. The van der Waals surface area contributed by atoms with Crippen molar-refractivity contribution in [3.05, 3.63) is 65.7 Å². The topological polar surface area (TPSA) is 89.5 Å². The summed E-state index contributed by atoms with van der Waals surface area (Å²) in [6, 6.07) is 10.7. The molecule has 176 valence electrons. The monoisotopic (exact) mass is 463 g/mol. The van der Waals surface area contributed by atoms with E-state index < -0.39 is 5.82 Å². The molecule has 0 bridgehead atoms. The quantitative estimate of drug-likeness (QED) is 0.549. The van der Waals surface area contributed by atoms with Gasteiger partial charge in [-0.05, 0) is 55.2 Å². The number of rotatable bonds is 8. The predicted octanol–water partition coefficient (Wildman–Crippen LogP) is 3.23. The van der Waals surface area contributed by atoms with E-state index in [-0.39, 0.29) is 12.5 Å². The van der Waals surface area contributed by atoms with Crippen LogP contribution in [-0.4, -0.2) is 54.0 Å². The molecule has 1 amide bonds. The molecular weight excluding hydrogens is 437 g/mol. The second-order valence-electron chi connectivity index (χ2n) is 8.53. The standard InChI is InChI=1S/C25H26FN5O3/c26-21-11-19(24(27-15-21)31-7-9-33-10-8-31)13-28-25(32)20-12-23(30-29-14-20)18-3-5-22(6-4-18)34-16-17-1-2-17/h3-6,11-12,14-15,17H,1-2,7-10,13,16H2,(H,28,32). The molecule has 9 heteroatoms. The van der Waals surface area contributed by atoms with E-state index in [1.54, 1.807) is 6.07 Å². The number of amides is 1. The Labute approximate surface area is 197 Å². The summed E-state index contributed by atoms with van der Waals surface area (Å²) >= 11 is 0. The van der Waals surface area contributed by atoms with Crippen LogP contribution in [0.25, 0.3) is 11.3 Å². The van der Waals surface area contributed by atoms with Gasteiger partial charge in [-0.1, -0.05) is 0 Å². The van der Waals surface area contributed by atoms with E-state index in [4.69, 9.17) is 9.47 Å². The maximum Gasteiger partial charge on any atom is 0.253 e. The van der Waals surface area contributed by atoms with E-state index in [2.05, 4.69) is 20.5 Å². The number of benzene rings is 1. The Hall–Kier alpha value is -3.59. The SMILES string of the molecule is O=C(NCc1cc(F)cnc1N1CCOCC1)c1cnnc(-c2ccc(OCC3CC3)cc2)c1. The van der Waals surface area contributed by atoms with Crippen molar-refractivity contribution < 1.29 is 18.7 Å². The van der Waals surface area contributed by atoms with E-state index >= 15 is 0 Å². The Morgan fingerprint density at radius 3 is 2.71 bits per heavy atom. The van der Waals surface area contributed by atoms with Crippen LogP contribution in [-0.2, 0) is 11.3 Å². The molecule has 8 nitrogen and oxygen atoms in total. The zero-order chi connectivity index (χ0) is 23.3. The van der Waals surface area contributed by atoms with Gasteiger partial charge in [0.05, 0.1) is 43.5 Å². The Kier molecular flexibility index (Phi) is 6.62. The summed E-state index contributed by atoms with van der Waals surface area (Å²) in [5.41, 5.74) is 2.41. The fourth-order valence-corrected chi connectivity index (χ4v) is 3.79. The van der Waals surface area contributed by atoms with Crippen molar-refractivity contribution in [1.29, 1.82) is 0 Å². The van der Waals surface area contributed by atoms with E-state index in [9.17, 15) is 9.18 Å². The van der Waals surface area contributed by atoms with Crippen LogP contribution in [0, 0.1) is 11.7 Å². The Balaban J connectivity index is 1.25. The minimum absolute atomic E-state index is 0.140. The van der Waals surface area contributed by atoms with Gasteiger partial charge in [0.1, 0.15) is 17.4 Å². The fourth-order valence-electron chi connectivity index (χ4n) is 3.79. The molecule has 0 radical (unpaired) electrons. The summed E-state index contributed by atoms with van der Waals surface area (Å²) < 4.78 is 25.0. The predicted molar refractivity (Wildman–Crippen MR) is 124 cm³/mol. The number of carbonyl (C=O) groups is 1. The van der Waals surface area contributed by atoms with Crippen LogP contribution >= 0.6 is 0 Å². The molecule has 2 aromatic heterocycles. The number of ether oxygens (including phenoxy) is 2. The smallest absolute Gasteiger partial charge is 0.253 e. The highest BCUT2D eigenvalue weighted by atomic mass is 19.1. The molecule has 34 heavy (non-hydrogen) atoms. The van der Waals surface area contributed by atoms with Crippen molar-refractivity contribution in [2.45, 2.75) is 19.4 Å². The van der Waals surface area contributed by atoms with Gasteiger partial charge in [-0.3, -0.25) is 4.79 Å². The van der Waals surface area contributed by atoms with E-state index in [0.717, 1.165) is 17.9 Å². The van der Waals surface area contributed by atoms with Gasteiger partial charge in [0.25, 0.3) is 5.91 Å². The van der Waals surface area contributed by atoms with Crippen molar-refractivity contribution in [2.24, 2.45) is 5.92 Å². The third kappa shape index (κ3) is 5.48. The Morgan fingerprint density at radius 1 is 1.15 bits per heavy atom. The van der Waals surface area contributed by atoms with Crippen LogP contribution in [0.3, 0.4) is 0 Å². The molecule has 3 heterocycles. The average Bonchev–Trinajstić information content (AvgIpc) is 3.72. The molecule has 1 aliphatic carbocycles. The molecule has 3 aromatic rings. The molecule has 1 N–H and O–H groups in total. The Morgan fingerprint density at radius 2 is 1.94 bits per heavy atom. The zero-order valence-electron chi connectivity index (χ0n) is 18.7. The number of anilines is 1. The van der Waals surface area contributed by atoms with Crippen molar-refractivity contribution in [2.75, 3.05) is 37.8 Å². The van der Waals surface area contributed by atoms with Gasteiger partial charge in [-0.25, -0.2) is 9.37 Å². The first kappa shape index (κ1) is 22.2. The lowest BCUT2D eigenvalue weighted by molar-refractivity contribution is 0.0950. The first-order chi connectivity index (χ1) is 16.7. The largest absolute Gasteiger partial charge is 0.493 e. The van der Waals surface area contributed by atoms with Gasteiger partial charge in [0.15, 0.2) is 0 Å². The summed E-state index contributed by atoms with van der Waals surface area (Å²) in [4.78, 5) is 19.1. The molecule has 1 aromatic carbocycles. The molecule has 1 saturated heterocycles. The van der Waals surface area contributed by atoms with E-state index in [1.165, 1.54) is 31.3 Å². The van der Waals surface area contributed by atoms with Gasteiger partial charge < -0.3 is 19.7 Å². The number of nitrogens with one attached hydrogen (secondary N) is 1. The number of hydrogen-bond donors (Lipinski definition) is 1. The van der Waals surface area contributed by atoms with Crippen molar-refractivity contribution >= 4 is 11.7 Å². The van der Waals surface area contributed by atoms with Gasteiger partial charge in [-0.2, -0.15) is 10.2 Å². The average molecular weight is 464 g/mol. The summed E-state index contributed by atoms with van der Waals surface area (Å²) in [6.07, 6.45) is 5.09. The van der Waals surface area contributed by atoms with Gasteiger partial charge in [0.2, 0.25) is 0 Å². The number of hydrogen-bond acceptors (Lipinski definition) is 7. The van der Waals surface area contributed by atoms with Gasteiger partial charge in [0, 0.05) is 30.8 Å². The van der Waals surface area contributed by atoms with Crippen molar-refractivity contribution in [3.8, 4) is 17.0 Å². The molecule has 2 fully saturated rings. The zero-order valence-corrected chi connectivity index (χ0v) is 18.7. The van der Waals surface area contributed by atoms with Crippen LogP contribution in [0.4, 0.5) is 10.2 Å². The van der Waals surface area contributed by atoms with Crippen LogP contribution in [0.15, 0.2) is 48.8 Å². The molecule has 0 atom stereocenters. The summed E-state index contributed by atoms with van der Waals surface area (Å²) in [6.45, 7) is 3.40. The van der Waals surface area contributed by atoms with E-state index in [0.29, 0.717) is 54.9 Å². The maximum atomic E-state index is 13.9. The minimum atomic E-state index is -0.446. The Bertz CT molecular complexity index is 1150. The molecule has 1 saturated carbocycles. The second-order valence-corrected chi connectivity index (χ2v) is 8.53. The molecule has 2 aliphatic rings. The fraction of sp³-hybridized carbons (Fsp3) is 0.360. The molecule has 0 spiro atoms. The maximum absolute atomic E-state index is 13.9. The number of nitrogens with zero attached hydrogens (tertiary/aromatic N) is 4. The molecule has 5 rings (SSSR count). The van der Waals surface area contributed by atoms with Crippen LogP contribution in [0.1, 0.15) is 28.8 Å². The van der Waals surface area contributed by atoms with Crippen LogP contribution < -0.4 is 15.0 Å². The van der Waals surface area contributed by atoms with Gasteiger partial charge in [-0.15, -0.1) is 0 Å². The van der Waals surface area contributed by atoms with E-state index in [1.807, 2.05) is 29.2 Å². The number of carbonyl (C=O) groups excluding carboxylic acids is 1. The third-order valence-corrected chi connectivity index (χ3v) is 5.91. The number of halogens is 1. The lowest BCUT2D eigenvalue weighted by atomic mass is 10.1. The highest BCUT2D eigenvalue weighted by Gasteiger charge is 2.22. The normalized spacial score (nSPS) is 15.7. The van der Waals surface area contributed by atoms with Crippen molar-refractivity contribution in [3.63, 3.8) is 0 Å².